The maximum absolute atomic E-state index is 4.67. The molecule has 20 heavy (non-hydrogen) atoms. The molecule has 0 amide bonds. The van der Waals surface area contributed by atoms with Gasteiger partial charge in [0.2, 0.25) is 0 Å². The van der Waals surface area contributed by atoms with Crippen molar-refractivity contribution in [3.05, 3.63) is 41.7 Å². The van der Waals surface area contributed by atoms with Gasteiger partial charge in [-0.15, -0.1) is 0 Å². The Hall–Kier alpha value is -1.41. The van der Waals surface area contributed by atoms with Gasteiger partial charge in [-0.25, -0.2) is 0 Å². The average Bonchev–Trinajstić information content (AvgIpc) is 2.53. The fourth-order valence-corrected chi connectivity index (χ4v) is 3.25. The lowest BCUT2D eigenvalue weighted by atomic mass is 10.0. The van der Waals surface area contributed by atoms with Crippen LogP contribution in [0.2, 0.25) is 0 Å². The molecule has 2 heterocycles. The van der Waals surface area contributed by atoms with Crippen LogP contribution in [0.15, 0.2) is 30.5 Å². The fraction of sp³-hybridized carbons (Fsp3) is 0.500. The number of likely N-dealkylation sites (tertiary alicyclic amines) is 1. The third-order valence-corrected chi connectivity index (χ3v) is 4.44. The molecule has 1 saturated heterocycles. The van der Waals surface area contributed by atoms with Crippen LogP contribution in [0, 0.1) is 0 Å². The van der Waals surface area contributed by atoms with Crippen LogP contribution in [0.3, 0.4) is 0 Å². The number of hydrogen-bond donors (Lipinski definition) is 0. The lowest BCUT2D eigenvalue weighted by Gasteiger charge is -2.26. The lowest BCUT2D eigenvalue weighted by molar-refractivity contribution is 0.231. The molecule has 2 heteroatoms. The molecule has 0 unspecified atom stereocenters. The molecule has 1 aromatic carbocycles. The summed E-state index contributed by atoms with van der Waals surface area (Å²) >= 11 is 0. The highest BCUT2D eigenvalue weighted by atomic mass is 15.1. The molecular weight excluding hydrogens is 244 g/mol. The summed E-state index contributed by atoms with van der Waals surface area (Å²) in [6, 6.07) is 8.73. The van der Waals surface area contributed by atoms with Crippen molar-refractivity contribution < 1.29 is 0 Å². The third-order valence-electron chi connectivity index (χ3n) is 4.44. The number of piperidine rings is 1. The van der Waals surface area contributed by atoms with Crippen molar-refractivity contribution in [2.45, 2.75) is 39.0 Å². The molecule has 3 rings (SSSR count). The van der Waals surface area contributed by atoms with Crippen molar-refractivity contribution in [3.63, 3.8) is 0 Å². The molecule has 0 bridgehead atoms. The van der Waals surface area contributed by atoms with E-state index in [1.165, 1.54) is 60.9 Å². The molecule has 1 fully saturated rings. The Morgan fingerprint density at radius 1 is 1.05 bits per heavy atom. The Morgan fingerprint density at radius 3 is 2.55 bits per heavy atom. The van der Waals surface area contributed by atoms with Crippen LogP contribution < -0.4 is 0 Å². The number of aromatic nitrogens is 1. The van der Waals surface area contributed by atoms with Crippen molar-refractivity contribution in [2.24, 2.45) is 0 Å². The van der Waals surface area contributed by atoms with Gasteiger partial charge in [-0.05, 0) is 49.7 Å². The fourth-order valence-electron chi connectivity index (χ4n) is 3.25. The summed E-state index contributed by atoms with van der Waals surface area (Å²) in [5, 5.41) is 2.74. The second kappa shape index (κ2) is 6.36. The van der Waals surface area contributed by atoms with Gasteiger partial charge < -0.3 is 4.90 Å². The van der Waals surface area contributed by atoms with Gasteiger partial charge >= 0.3 is 0 Å². The number of aryl methyl sites for hydroxylation is 1. The molecule has 0 saturated carbocycles. The molecular formula is C18H24N2. The first-order valence-electron chi connectivity index (χ1n) is 7.96. The molecule has 106 valence electrons. The molecule has 0 spiro atoms. The van der Waals surface area contributed by atoms with Gasteiger partial charge in [0.15, 0.2) is 0 Å². The highest BCUT2D eigenvalue weighted by Crippen LogP contribution is 2.22. The topological polar surface area (TPSA) is 16.1 Å². The van der Waals surface area contributed by atoms with Crippen LogP contribution in [-0.2, 0) is 12.8 Å². The summed E-state index contributed by atoms with van der Waals surface area (Å²) in [6.45, 7) is 5.91. The Labute approximate surface area is 121 Å². The van der Waals surface area contributed by atoms with E-state index >= 15 is 0 Å². The van der Waals surface area contributed by atoms with Gasteiger partial charge in [0.25, 0.3) is 0 Å². The second-order valence-electron chi connectivity index (χ2n) is 5.78. The molecule has 0 radical (unpaired) electrons. The van der Waals surface area contributed by atoms with E-state index in [2.05, 4.69) is 47.3 Å². The summed E-state index contributed by atoms with van der Waals surface area (Å²) in [5.41, 5.74) is 2.63. The van der Waals surface area contributed by atoms with Crippen molar-refractivity contribution in [1.82, 2.24) is 9.88 Å². The van der Waals surface area contributed by atoms with Crippen molar-refractivity contribution >= 4 is 10.8 Å². The summed E-state index contributed by atoms with van der Waals surface area (Å²) in [6.07, 6.45) is 8.38. The minimum Gasteiger partial charge on any atom is -0.303 e. The Balaban J connectivity index is 1.80. The molecule has 2 nitrogen and oxygen atoms in total. The number of hydrogen-bond acceptors (Lipinski definition) is 2. The highest BCUT2D eigenvalue weighted by Gasteiger charge is 2.11. The van der Waals surface area contributed by atoms with E-state index in [1.54, 1.807) is 0 Å². The van der Waals surface area contributed by atoms with Crippen molar-refractivity contribution in [1.29, 1.82) is 0 Å². The third kappa shape index (κ3) is 2.85. The molecule has 1 aliphatic rings. The van der Waals surface area contributed by atoms with Gasteiger partial charge in [-0.2, -0.15) is 0 Å². The first-order chi connectivity index (χ1) is 9.88. The number of fused-ring (bicyclic) bond motifs is 1. The zero-order valence-electron chi connectivity index (χ0n) is 12.4. The predicted molar refractivity (Wildman–Crippen MR) is 85.1 cm³/mol. The van der Waals surface area contributed by atoms with Crippen LogP contribution in [0.1, 0.15) is 37.4 Å². The van der Waals surface area contributed by atoms with Crippen LogP contribution >= 0.6 is 0 Å². The van der Waals surface area contributed by atoms with Gasteiger partial charge in [-0.1, -0.05) is 37.6 Å². The van der Waals surface area contributed by atoms with Crippen LogP contribution in [0.5, 0.6) is 0 Å². The minimum atomic E-state index is 1.01. The molecule has 0 aliphatic carbocycles. The zero-order valence-corrected chi connectivity index (χ0v) is 12.4. The minimum absolute atomic E-state index is 1.01. The average molecular weight is 268 g/mol. The van der Waals surface area contributed by atoms with Crippen LogP contribution in [0.4, 0.5) is 0 Å². The standard InChI is InChI=1S/C18H24N2/c1-2-18-17-9-5-4-8-16(17)15(14-19-18)10-13-20-11-6-3-7-12-20/h4-5,8-9,14H,2-3,6-7,10-13H2,1H3. The first-order valence-corrected chi connectivity index (χ1v) is 7.96. The normalized spacial score (nSPS) is 16.6. The van der Waals surface area contributed by atoms with Gasteiger partial charge in [0.05, 0.1) is 0 Å². The van der Waals surface area contributed by atoms with E-state index in [4.69, 9.17) is 0 Å². The Morgan fingerprint density at radius 2 is 1.80 bits per heavy atom. The zero-order chi connectivity index (χ0) is 13.8. The number of rotatable bonds is 4. The maximum Gasteiger partial charge on any atom is 0.0479 e. The molecule has 1 aliphatic heterocycles. The maximum atomic E-state index is 4.67. The first kappa shape index (κ1) is 13.6. The van der Waals surface area contributed by atoms with Crippen LogP contribution in [-0.4, -0.2) is 29.5 Å². The van der Waals surface area contributed by atoms with E-state index in [1.807, 2.05) is 0 Å². The molecule has 0 atom stereocenters. The van der Waals surface area contributed by atoms with E-state index < -0.39 is 0 Å². The summed E-state index contributed by atoms with van der Waals surface area (Å²) < 4.78 is 0. The van der Waals surface area contributed by atoms with E-state index in [-0.39, 0.29) is 0 Å². The summed E-state index contributed by atoms with van der Waals surface area (Å²) in [5.74, 6) is 0. The molecule has 2 aromatic rings. The van der Waals surface area contributed by atoms with Crippen molar-refractivity contribution in [3.8, 4) is 0 Å². The number of pyridine rings is 1. The van der Waals surface area contributed by atoms with Gasteiger partial charge in [-0.3, -0.25) is 4.98 Å². The largest absolute Gasteiger partial charge is 0.303 e. The summed E-state index contributed by atoms with van der Waals surface area (Å²) in [4.78, 5) is 7.27. The van der Waals surface area contributed by atoms with E-state index in [9.17, 15) is 0 Å². The monoisotopic (exact) mass is 268 g/mol. The SMILES string of the molecule is CCc1ncc(CCN2CCCCC2)c2ccccc12. The summed E-state index contributed by atoms with van der Waals surface area (Å²) in [7, 11) is 0. The van der Waals surface area contributed by atoms with E-state index in [0.29, 0.717) is 0 Å². The van der Waals surface area contributed by atoms with Gasteiger partial charge in [0, 0.05) is 23.8 Å². The highest BCUT2D eigenvalue weighted by molar-refractivity contribution is 5.87. The number of benzene rings is 1. The van der Waals surface area contributed by atoms with E-state index in [0.717, 1.165) is 12.8 Å². The smallest absolute Gasteiger partial charge is 0.0479 e. The van der Waals surface area contributed by atoms with Crippen LogP contribution in [0.25, 0.3) is 10.8 Å². The lowest BCUT2D eigenvalue weighted by Crippen LogP contribution is -2.31. The van der Waals surface area contributed by atoms with Crippen molar-refractivity contribution in [2.75, 3.05) is 19.6 Å². The Kier molecular flexibility index (Phi) is 4.31. The van der Waals surface area contributed by atoms with Gasteiger partial charge in [0.1, 0.15) is 0 Å². The quantitative estimate of drug-likeness (QED) is 0.838. The molecule has 0 N–H and O–H groups in total. The second-order valence-corrected chi connectivity index (χ2v) is 5.78. The number of nitrogens with zero attached hydrogens (tertiary/aromatic N) is 2. The predicted octanol–water partition coefficient (Wildman–Crippen LogP) is 3.83. The Bertz CT molecular complexity index is 571. The molecule has 1 aromatic heterocycles.